The van der Waals surface area contributed by atoms with E-state index in [1.807, 2.05) is 6.92 Å². The van der Waals surface area contributed by atoms with Crippen molar-refractivity contribution in [1.82, 2.24) is 10.6 Å². The van der Waals surface area contributed by atoms with Crippen molar-refractivity contribution in [1.29, 1.82) is 0 Å². The fraction of sp³-hybridized carbons (Fsp3) is 0.385. The molecule has 102 valence electrons. The Labute approximate surface area is 121 Å². The Morgan fingerprint density at radius 3 is 2.68 bits per heavy atom. The van der Waals surface area contributed by atoms with Crippen molar-refractivity contribution < 1.29 is 9.59 Å². The number of hydrogen-bond donors (Lipinski definition) is 2. The molecule has 0 saturated carbocycles. The van der Waals surface area contributed by atoms with Crippen LogP contribution in [0.15, 0.2) is 24.3 Å². The van der Waals surface area contributed by atoms with Crippen LogP contribution in [0.4, 0.5) is 4.79 Å². The predicted octanol–water partition coefficient (Wildman–Crippen LogP) is 2.67. The smallest absolute Gasteiger partial charge is 0.315 e. The van der Waals surface area contributed by atoms with Crippen molar-refractivity contribution in [3.63, 3.8) is 0 Å². The van der Waals surface area contributed by atoms with Crippen LogP contribution in [-0.2, 0) is 0 Å². The molecule has 1 heterocycles. The molecule has 1 fully saturated rings. The van der Waals surface area contributed by atoms with E-state index in [2.05, 4.69) is 10.6 Å². The molecular weight excluding hydrogens is 284 g/mol. The number of nitrogens with one attached hydrogen (secondary N) is 2. The average molecular weight is 299 g/mol. The molecule has 6 heteroatoms. The fourth-order valence-corrected chi connectivity index (χ4v) is 3.12. The first-order valence-electron chi connectivity index (χ1n) is 6.02. The minimum atomic E-state index is -0.171. The number of amides is 2. The van der Waals surface area contributed by atoms with Crippen LogP contribution in [0.5, 0.6) is 0 Å². The molecule has 0 aromatic heterocycles. The predicted molar refractivity (Wildman–Crippen MR) is 77.8 cm³/mol. The molecule has 0 aliphatic carbocycles. The standard InChI is InChI=1S/C13H15ClN2O2S/c1-8-6-12(16-13(18)15-8)19-7-11(17)9-2-4-10(14)5-3-9/h2-5,8,12H,6-7H2,1H3,(H2,15,16,18). The van der Waals surface area contributed by atoms with Crippen molar-refractivity contribution >= 4 is 35.2 Å². The fourth-order valence-electron chi connectivity index (χ4n) is 1.86. The molecule has 2 amide bonds. The summed E-state index contributed by atoms with van der Waals surface area (Å²) in [4.78, 5) is 23.3. The summed E-state index contributed by atoms with van der Waals surface area (Å²) < 4.78 is 0. The molecule has 2 unspecified atom stereocenters. The molecule has 0 spiro atoms. The maximum absolute atomic E-state index is 12.0. The van der Waals surface area contributed by atoms with E-state index in [9.17, 15) is 9.59 Å². The monoisotopic (exact) mass is 298 g/mol. The highest BCUT2D eigenvalue weighted by Gasteiger charge is 2.23. The highest BCUT2D eigenvalue weighted by atomic mass is 35.5. The Bertz CT molecular complexity index is 478. The quantitative estimate of drug-likeness (QED) is 0.840. The number of hydrogen-bond acceptors (Lipinski definition) is 3. The van der Waals surface area contributed by atoms with Crippen molar-refractivity contribution in [2.75, 3.05) is 5.75 Å². The zero-order valence-corrected chi connectivity index (χ0v) is 12.1. The lowest BCUT2D eigenvalue weighted by atomic mass is 10.1. The SMILES string of the molecule is CC1CC(SCC(=O)c2ccc(Cl)cc2)NC(=O)N1. The van der Waals surface area contributed by atoms with E-state index >= 15 is 0 Å². The Kier molecular flexibility index (Phi) is 4.71. The summed E-state index contributed by atoms with van der Waals surface area (Å²) in [5.74, 6) is 0.390. The van der Waals surface area contributed by atoms with Gasteiger partial charge in [-0.1, -0.05) is 11.6 Å². The van der Waals surface area contributed by atoms with Crippen molar-refractivity contribution in [3.8, 4) is 0 Å². The van der Waals surface area contributed by atoms with E-state index in [-0.39, 0.29) is 23.2 Å². The van der Waals surface area contributed by atoms with Gasteiger partial charge in [-0.05, 0) is 37.6 Å². The Morgan fingerprint density at radius 2 is 2.05 bits per heavy atom. The second-order valence-corrected chi connectivity index (χ2v) is 6.11. The minimum absolute atomic E-state index is 0.0139. The number of Topliss-reactive ketones (excluding diaryl/α,β-unsaturated/α-hetero) is 1. The lowest BCUT2D eigenvalue weighted by molar-refractivity contribution is 0.102. The van der Waals surface area contributed by atoms with Gasteiger partial charge < -0.3 is 10.6 Å². The van der Waals surface area contributed by atoms with Gasteiger partial charge in [0.25, 0.3) is 0 Å². The molecule has 0 radical (unpaired) electrons. The third-order valence-corrected chi connectivity index (χ3v) is 4.21. The summed E-state index contributed by atoms with van der Waals surface area (Å²) in [7, 11) is 0. The molecule has 2 atom stereocenters. The lowest BCUT2D eigenvalue weighted by Gasteiger charge is -2.28. The molecule has 2 N–H and O–H groups in total. The summed E-state index contributed by atoms with van der Waals surface area (Å²) in [6, 6.07) is 6.80. The summed E-state index contributed by atoms with van der Waals surface area (Å²) in [5, 5.41) is 6.17. The topological polar surface area (TPSA) is 58.2 Å². The molecule has 19 heavy (non-hydrogen) atoms. The lowest BCUT2D eigenvalue weighted by Crippen LogP contribution is -2.52. The number of urea groups is 1. The van der Waals surface area contributed by atoms with E-state index in [0.29, 0.717) is 16.3 Å². The highest BCUT2D eigenvalue weighted by Crippen LogP contribution is 2.19. The van der Waals surface area contributed by atoms with E-state index in [4.69, 9.17) is 11.6 Å². The zero-order valence-electron chi connectivity index (χ0n) is 10.5. The van der Waals surface area contributed by atoms with E-state index in [1.165, 1.54) is 11.8 Å². The van der Waals surface area contributed by atoms with Crippen LogP contribution in [-0.4, -0.2) is 29.0 Å². The number of ketones is 1. The Morgan fingerprint density at radius 1 is 1.37 bits per heavy atom. The highest BCUT2D eigenvalue weighted by molar-refractivity contribution is 8.00. The van der Waals surface area contributed by atoms with Crippen LogP contribution < -0.4 is 10.6 Å². The first kappa shape index (κ1) is 14.2. The largest absolute Gasteiger partial charge is 0.336 e. The van der Waals surface area contributed by atoms with E-state index in [0.717, 1.165) is 6.42 Å². The summed E-state index contributed by atoms with van der Waals surface area (Å²) in [6.07, 6.45) is 0.810. The molecular formula is C13H15ClN2O2S. The summed E-state index contributed by atoms with van der Waals surface area (Å²) in [6.45, 7) is 1.95. The second kappa shape index (κ2) is 6.30. The zero-order chi connectivity index (χ0) is 13.8. The number of thioether (sulfide) groups is 1. The Balaban J connectivity index is 1.86. The molecule has 4 nitrogen and oxygen atoms in total. The number of carbonyl (C=O) groups excluding carboxylic acids is 2. The first-order chi connectivity index (χ1) is 9.04. The van der Waals surface area contributed by atoms with Crippen molar-refractivity contribution in [2.45, 2.75) is 24.8 Å². The van der Waals surface area contributed by atoms with Crippen LogP contribution in [0.25, 0.3) is 0 Å². The van der Waals surface area contributed by atoms with Gasteiger partial charge in [-0.25, -0.2) is 4.79 Å². The first-order valence-corrected chi connectivity index (χ1v) is 7.44. The van der Waals surface area contributed by atoms with Gasteiger partial charge in [0.15, 0.2) is 5.78 Å². The van der Waals surface area contributed by atoms with Crippen molar-refractivity contribution in [3.05, 3.63) is 34.9 Å². The minimum Gasteiger partial charge on any atom is -0.336 e. The molecule has 1 aromatic rings. The number of halogens is 1. The molecule has 0 bridgehead atoms. The van der Waals surface area contributed by atoms with Gasteiger partial charge in [0.1, 0.15) is 0 Å². The van der Waals surface area contributed by atoms with Gasteiger partial charge in [-0.15, -0.1) is 11.8 Å². The molecule has 1 saturated heterocycles. The number of rotatable bonds is 4. The molecule has 1 aliphatic heterocycles. The third kappa shape index (κ3) is 4.14. The van der Waals surface area contributed by atoms with Crippen molar-refractivity contribution in [2.24, 2.45) is 0 Å². The Hall–Kier alpha value is -1.20. The third-order valence-electron chi connectivity index (χ3n) is 2.82. The van der Waals surface area contributed by atoms with Crippen LogP contribution in [0.1, 0.15) is 23.7 Å². The second-order valence-electron chi connectivity index (χ2n) is 4.48. The van der Waals surface area contributed by atoms with Crippen LogP contribution >= 0.6 is 23.4 Å². The summed E-state index contributed by atoms with van der Waals surface area (Å²) in [5.41, 5.74) is 0.644. The van der Waals surface area contributed by atoms with Gasteiger partial charge in [0.2, 0.25) is 0 Å². The van der Waals surface area contributed by atoms with Gasteiger partial charge in [0.05, 0.1) is 11.1 Å². The van der Waals surface area contributed by atoms with Gasteiger partial charge in [0, 0.05) is 16.6 Å². The normalized spacial score (nSPS) is 22.5. The van der Waals surface area contributed by atoms with Gasteiger partial charge in [-0.3, -0.25) is 4.79 Å². The maximum Gasteiger partial charge on any atom is 0.315 e. The summed E-state index contributed by atoms with van der Waals surface area (Å²) >= 11 is 7.23. The van der Waals surface area contributed by atoms with Crippen LogP contribution in [0, 0.1) is 0 Å². The molecule has 1 aromatic carbocycles. The van der Waals surface area contributed by atoms with E-state index in [1.54, 1.807) is 24.3 Å². The van der Waals surface area contributed by atoms with Gasteiger partial charge >= 0.3 is 6.03 Å². The maximum atomic E-state index is 12.0. The van der Waals surface area contributed by atoms with Crippen LogP contribution in [0.2, 0.25) is 5.02 Å². The number of benzene rings is 1. The van der Waals surface area contributed by atoms with Crippen LogP contribution in [0.3, 0.4) is 0 Å². The number of carbonyl (C=O) groups is 2. The average Bonchev–Trinajstić information content (AvgIpc) is 2.36. The molecule has 2 rings (SSSR count). The van der Waals surface area contributed by atoms with Gasteiger partial charge in [-0.2, -0.15) is 0 Å². The molecule has 1 aliphatic rings. The van der Waals surface area contributed by atoms with E-state index < -0.39 is 0 Å².